The molecule has 0 radical (unpaired) electrons. The number of hydrogen-bond acceptors (Lipinski definition) is 4. The van der Waals surface area contributed by atoms with Crippen LogP contribution in [0.25, 0.3) is 0 Å². The first-order chi connectivity index (χ1) is 8.65. The highest BCUT2D eigenvalue weighted by Crippen LogP contribution is 2.14. The first-order valence-corrected chi connectivity index (χ1v) is 6.55. The van der Waals surface area contributed by atoms with Gasteiger partial charge in [0.1, 0.15) is 5.82 Å². The van der Waals surface area contributed by atoms with Gasteiger partial charge in [-0.05, 0) is 30.7 Å². The van der Waals surface area contributed by atoms with Gasteiger partial charge in [-0.3, -0.25) is 0 Å². The third-order valence-corrected chi connectivity index (χ3v) is 3.56. The largest absolute Gasteiger partial charge is 0.399 e. The van der Waals surface area contributed by atoms with E-state index in [0.717, 1.165) is 17.7 Å². The van der Waals surface area contributed by atoms with Crippen molar-refractivity contribution in [3.63, 3.8) is 0 Å². The summed E-state index contributed by atoms with van der Waals surface area (Å²) in [6, 6.07) is 4.46. The third kappa shape index (κ3) is 3.51. The van der Waals surface area contributed by atoms with Crippen molar-refractivity contribution in [2.45, 2.75) is 20.0 Å². The number of benzene rings is 1. The topological polar surface area (TPSA) is 48.1 Å². The van der Waals surface area contributed by atoms with Gasteiger partial charge in [-0.1, -0.05) is 0 Å². The molecular weight excluding hydrogens is 251 g/mol. The molecular formula is C13H15FN2OS. The molecule has 0 aliphatic carbocycles. The molecule has 0 saturated carbocycles. The van der Waals surface area contributed by atoms with Crippen molar-refractivity contribution in [2.24, 2.45) is 0 Å². The Hall–Kier alpha value is -1.46. The summed E-state index contributed by atoms with van der Waals surface area (Å²) in [5.74, 6) is -0.327. The molecule has 0 saturated heterocycles. The van der Waals surface area contributed by atoms with Crippen LogP contribution < -0.4 is 5.73 Å². The van der Waals surface area contributed by atoms with E-state index in [1.165, 1.54) is 17.0 Å². The van der Waals surface area contributed by atoms with Gasteiger partial charge in [-0.2, -0.15) is 0 Å². The van der Waals surface area contributed by atoms with Crippen LogP contribution in [0, 0.1) is 12.7 Å². The molecule has 2 N–H and O–H groups in total. The van der Waals surface area contributed by atoms with Gasteiger partial charge >= 0.3 is 0 Å². The summed E-state index contributed by atoms with van der Waals surface area (Å²) in [6.07, 6.45) is 0.835. The van der Waals surface area contributed by atoms with E-state index in [0.29, 0.717) is 18.9 Å². The predicted octanol–water partition coefficient (Wildman–Crippen LogP) is 2.93. The van der Waals surface area contributed by atoms with Crippen molar-refractivity contribution in [3.8, 4) is 0 Å². The molecule has 0 atom stereocenters. The van der Waals surface area contributed by atoms with Crippen LogP contribution in [0.4, 0.5) is 10.1 Å². The second-order valence-corrected chi connectivity index (χ2v) is 5.00. The van der Waals surface area contributed by atoms with E-state index in [4.69, 9.17) is 10.5 Å². The lowest BCUT2D eigenvalue weighted by molar-refractivity contribution is 0.124. The van der Waals surface area contributed by atoms with Gasteiger partial charge in [0, 0.05) is 17.0 Å². The molecule has 0 fully saturated rings. The fourth-order valence-corrected chi connectivity index (χ4v) is 2.44. The van der Waals surface area contributed by atoms with Crippen LogP contribution in [0.15, 0.2) is 23.7 Å². The molecule has 0 amide bonds. The van der Waals surface area contributed by atoms with Crippen LogP contribution in [0.3, 0.4) is 0 Å². The number of aryl methyl sites for hydroxylation is 1. The molecule has 1 aromatic carbocycles. The smallest absolute Gasteiger partial charge is 0.125 e. The minimum absolute atomic E-state index is 0.327. The monoisotopic (exact) mass is 266 g/mol. The molecule has 1 aromatic heterocycles. The fourth-order valence-electron chi connectivity index (χ4n) is 1.68. The van der Waals surface area contributed by atoms with Gasteiger partial charge < -0.3 is 10.5 Å². The molecule has 0 spiro atoms. The van der Waals surface area contributed by atoms with E-state index in [-0.39, 0.29) is 5.82 Å². The predicted molar refractivity (Wildman–Crippen MR) is 71.0 cm³/mol. The zero-order chi connectivity index (χ0) is 13.0. The van der Waals surface area contributed by atoms with Crippen molar-refractivity contribution in [3.05, 3.63) is 45.7 Å². The van der Waals surface area contributed by atoms with Crippen LogP contribution in [0.5, 0.6) is 0 Å². The molecule has 0 aliphatic rings. The Kier molecular flexibility index (Phi) is 4.28. The lowest BCUT2D eigenvalue weighted by Gasteiger charge is -2.05. The molecule has 2 aromatic rings. The molecule has 0 bridgehead atoms. The first kappa shape index (κ1) is 13.0. The molecule has 96 valence electrons. The Morgan fingerprint density at radius 2 is 2.22 bits per heavy atom. The number of anilines is 1. The Bertz CT molecular complexity index is 507. The van der Waals surface area contributed by atoms with Gasteiger partial charge in [0.2, 0.25) is 0 Å². The summed E-state index contributed by atoms with van der Waals surface area (Å²) in [4.78, 5) is 5.40. The second-order valence-electron chi connectivity index (χ2n) is 4.06. The number of hydrogen-bond donors (Lipinski definition) is 1. The van der Waals surface area contributed by atoms with Crippen molar-refractivity contribution in [1.29, 1.82) is 0 Å². The van der Waals surface area contributed by atoms with Crippen molar-refractivity contribution < 1.29 is 9.13 Å². The van der Waals surface area contributed by atoms with Crippen LogP contribution in [-0.2, 0) is 17.8 Å². The van der Waals surface area contributed by atoms with E-state index in [1.807, 2.05) is 12.4 Å². The highest BCUT2D eigenvalue weighted by Gasteiger charge is 2.02. The maximum Gasteiger partial charge on any atom is 0.125 e. The normalized spacial score (nSPS) is 10.8. The number of rotatable bonds is 5. The number of aromatic nitrogens is 1. The van der Waals surface area contributed by atoms with E-state index < -0.39 is 0 Å². The summed E-state index contributed by atoms with van der Waals surface area (Å²) < 4.78 is 18.6. The molecule has 5 heteroatoms. The molecule has 0 unspecified atom stereocenters. The number of ether oxygens (including phenoxy) is 1. The highest BCUT2D eigenvalue weighted by molar-refractivity contribution is 7.09. The number of thiazole rings is 1. The van der Waals surface area contributed by atoms with Gasteiger partial charge in [0.05, 0.1) is 24.4 Å². The van der Waals surface area contributed by atoms with Crippen LogP contribution in [-0.4, -0.2) is 11.6 Å². The third-order valence-electron chi connectivity index (χ3n) is 2.57. The molecule has 0 aliphatic heterocycles. The lowest BCUT2D eigenvalue weighted by Crippen LogP contribution is -2.00. The maximum absolute atomic E-state index is 13.1. The van der Waals surface area contributed by atoms with E-state index in [2.05, 4.69) is 4.98 Å². The van der Waals surface area contributed by atoms with E-state index in [1.54, 1.807) is 17.4 Å². The molecule has 3 nitrogen and oxygen atoms in total. The minimum atomic E-state index is -0.327. The number of halogens is 1. The average molecular weight is 266 g/mol. The average Bonchev–Trinajstić information content (AvgIpc) is 2.69. The Labute approximate surface area is 109 Å². The minimum Gasteiger partial charge on any atom is -0.399 e. The Balaban J connectivity index is 1.80. The SMILES string of the molecule is Cc1ncsc1CCOCc1cc(N)cc(F)c1. The van der Waals surface area contributed by atoms with Crippen LogP contribution in [0.1, 0.15) is 16.1 Å². The van der Waals surface area contributed by atoms with E-state index >= 15 is 0 Å². The number of nitrogen functional groups attached to an aromatic ring is 1. The summed E-state index contributed by atoms with van der Waals surface area (Å²) in [5.41, 5.74) is 9.63. The number of nitrogens with two attached hydrogens (primary N) is 1. The van der Waals surface area contributed by atoms with Crippen molar-refractivity contribution in [1.82, 2.24) is 4.98 Å². The Morgan fingerprint density at radius 1 is 1.39 bits per heavy atom. The standard InChI is InChI=1S/C13H15FN2OS/c1-9-13(18-8-16-9)2-3-17-7-10-4-11(14)6-12(15)5-10/h4-6,8H,2-3,7,15H2,1H3. The molecule has 1 heterocycles. The van der Waals surface area contributed by atoms with Crippen LogP contribution in [0.2, 0.25) is 0 Å². The van der Waals surface area contributed by atoms with Crippen molar-refractivity contribution >= 4 is 17.0 Å². The van der Waals surface area contributed by atoms with Gasteiger partial charge in [-0.15, -0.1) is 11.3 Å². The zero-order valence-corrected chi connectivity index (χ0v) is 11.0. The molecule has 2 rings (SSSR count). The maximum atomic E-state index is 13.1. The fraction of sp³-hybridized carbons (Fsp3) is 0.308. The zero-order valence-electron chi connectivity index (χ0n) is 10.1. The van der Waals surface area contributed by atoms with E-state index in [9.17, 15) is 4.39 Å². The quantitative estimate of drug-likeness (QED) is 0.668. The van der Waals surface area contributed by atoms with Gasteiger partial charge in [-0.25, -0.2) is 9.37 Å². The summed E-state index contributed by atoms with van der Waals surface area (Å²) >= 11 is 1.63. The summed E-state index contributed by atoms with van der Waals surface area (Å²) in [5, 5.41) is 0. The summed E-state index contributed by atoms with van der Waals surface area (Å²) in [7, 11) is 0. The molecule has 18 heavy (non-hydrogen) atoms. The van der Waals surface area contributed by atoms with Crippen molar-refractivity contribution in [2.75, 3.05) is 12.3 Å². The number of nitrogens with zero attached hydrogens (tertiary/aromatic N) is 1. The Morgan fingerprint density at radius 3 is 2.89 bits per heavy atom. The lowest BCUT2D eigenvalue weighted by atomic mass is 10.2. The summed E-state index contributed by atoms with van der Waals surface area (Å²) in [6.45, 7) is 2.96. The second kappa shape index (κ2) is 5.93. The highest BCUT2D eigenvalue weighted by atomic mass is 32.1. The first-order valence-electron chi connectivity index (χ1n) is 5.67. The van der Waals surface area contributed by atoms with Gasteiger partial charge in [0.15, 0.2) is 0 Å². The van der Waals surface area contributed by atoms with Crippen LogP contribution >= 0.6 is 11.3 Å². The van der Waals surface area contributed by atoms with Gasteiger partial charge in [0.25, 0.3) is 0 Å².